The summed E-state index contributed by atoms with van der Waals surface area (Å²) in [4.78, 5) is 1.41. The third-order valence-electron chi connectivity index (χ3n) is 3.09. The molecule has 1 aliphatic rings. The van der Waals surface area contributed by atoms with Gasteiger partial charge in [0.25, 0.3) is 0 Å². The molecule has 13 heavy (non-hydrogen) atoms. The lowest BCUT2D eigenvalue weighted by Crippen LogP contribution is -1.99. The van der Waals surface area contributed by atoms with Gasteiger partial charge in [-0.15, -0.1) is 11.8 Å². The highest BCUT2D eigenvalue weighted by molar-refractivity contribution is 7.98. The lowest BCUT2D eigenvalue weighted by molar-refractivity contribution is 0.784. The van der Waals surface area contributed by atoms with Crippen LogP contribution in [0.25, 0.3) is 0 Å². The quantitative estimate of drug-likeness (QED) is 0.643. The molecule has 70 valence electrons. The van der Waals surface area contributed by atoms with Gasteiger partial charge in [-0.25, -0.2) is 0 Å². The summed E-state index contributed by atoms with van der Waals surface area (Å²) in [5.74, 6) is 0. The van der Waals surface area contributed by atoms with Crippen molar-refractivity contribution in [2.24, 2.45) is 0 Å². The molecule has 0 N–H and O–H groups in total. The number of hydrogen-bond donors (Lipinski definition) is 0. The summed E-state index contributed by atoms with van der Waals surface area (Å²) >= 11 is 1.84. The first-order chi connectivity index (χ1) is 6.15. The minimum Gasteiger partial charge on any atom is -0.129 e. The summed E-state index contributed by atoms with van der Waals surface area (Å²) in [6.45, 7) is 4.57. The van der Waals surface area contributed by atoms with Crippen molar-refractivity contribution in [2.75, 3.05) is 6.26 Å². The van der Waals surface area contributed by atoms with Crippen molar-refractivity contribution in [3.8, 4) is 0 Å². The van der Waals surface area contributed by atoms with E-state index in [9.17, 15) is 0 Å². The van der Waals surface area contributed by atoms with E-state index in [0.717, 1.165) is 0 Å². The molecule has 0 saturated heterocycles. The maximum absolute atomic E-state index is 2.36. The summed E-state index contributed by atoms with van der Waals surface area (Å²) in [6.07, 6.45) is 4.87. The molecule has 1 saturated carbocycles. The standard InChI is InChI=1S/C12H16S/c1-9-8-10(12(2)6-7-12)4-5-11(9)13-3/h4-5,8H,6-7H2,1-3H3. The molecule has 1 aromatic carbocycles. The van der Waals surface area contributed by atoms with E-state index in [1.165, 1.54) is 28.9 Å². The molecule has 0 aromatic heterocycles. The zero-order valence-electron chi connectivity index (χ0n) is 8.55. The smallest absolute Gasteiger partial charge is 0.00985 e. The van der Waals surface area contributed by atoms with Crippen molar-refractivity contribution >= 4 is 11.8 Å². The molecule has 2 rings (SSSR count). The van der Waals surface area contributed by atoms with Gasteiger partial charge in [-0.1, -0.05) is 19.1 Å². The summed E-state index contributed by atoms with van der Waals surface area (Å²) in [7, 11) is 0. The predicted molar refractivity (Wildman–Crippen MR) is 59.5 cm³/mol. The average molecular weight is 192 g/mol. The molecule has 0 bridgehead atoms. The molecule has 0 nitrogen and oxygen atoms in total. The van der Waals surface area contributed by atoms with Gasteiger partial charge in [-0.3, -0.25) is 0 Å². The molecule has 1 heteroatoms. The minimum atomic E-state index is 0.516. The highest BCUT2D eigenvalue weighted by Gasteiger charge is 2.38. The molecule has 0 amide bonds. The summed E-state index contributed by atoms with van der Waals surface area (Å²) in [5, 5.41) is 0. The fourth-order valence-electron chi connectivity index (χ4n) is 1.73. The van der Waals surface area contributed by atoms with Crippen molar-refractivity contribution in [1.29, 1.82) is 0 Å². The van der Waals surface area contributed by atoms with Gasteiger partial charge in [0.15, 0.2) is 0 Å². The van der Waals surface area contributed by atoms with Gasteiger partial charge in [0.1, 0.15) is 0 Å². The van der Waals surface area contributed by atoms with Crippen LogP contribution in [0.2, 0.25) is 0 Å². The molecule has 0 spiro atoms. The molecule has 0 unspecified atom stereocenters. The Morgan fingerprint density at radius 3 is 2.46 bits per heavy atom. The number of benzene rings is 1. The van der Waals surface area contributed by atoms with Crippen LogP contribution in [0.4, 0.5) is 0 Å². The second kappa shape index (κ2) is 3.06. The normalized spacial score (nSPS) is 18.7. The largest absolute Gasteiger partial charge is 0.129 e. The van der Waals surface area contributed by atoms with E-state index in [2.05, 4.69) is 38.3 Å². The number of aryl methyl sites for hydroxylation is 1. The Balaban J connectivity index is 2.36. The van der Waals surface area contributed by atoms with Crippen LogP contribution in [0.1, 0.15) is 30.9 Å². The second-order valence-electron chi connectivity index (χ2n) is 4.25. The third kappa shape index (κ3) is 1.62. The van der Waals surface area contributed by atoms with E-state index in [-0.39, 0.29) is 0 Å². The zero-order chi connectivity index (χ0) is 9.47. The third-order valence-corrected chi connectivity index (χ3v) is 3.99. The first kappa shape index (κ1) is 9.14. The van der Waals surface area contributed by atoms with Crippen molar-refractivity contribution in [1.82, 2.24) is 0 Å². The van der Waals surface area contributed by atoms with Crippen LogP contribution in [0, 0.1) is 6.92 Å². The topological polar surface area (TPSA) is 0 Å². The lowest BCUT2D eigenvalue weighted by atomic mass is 9.97. The monoisotopic (exact) mass is 192 g/mol. The van der Waals surface area contributed by atoms with E-state index in [1.54, 1.807) is 0 Å². The zero-order valence-corrected chi connectivity index (χ0v) is 9.37. The molecule has 0 radical (unpaired) electrons. The molecular formula is C12H16S. The van der Waals surface area contributed by atoms with Gasteiger partial charge < -0.3 is 0 Å². The minimum absolute atomic E-state index is 0.516. The maximum Gasteiger partial charge on any atom is 0.00985 e. The van der Waals surface area contributed by atoms with Crippen LogP contribution in [0.5, 0.6) is 0 Å². The Hall–Kier alpha value is -0.430. The van der Waals surface area contributed by atoms with Gasteiger partial charge in [0, 0.05) is 4.90 Å². The number of hydrogen-bond acceptors (Lipinski definition) is 1. The van der Waals surface area contributed by atoms with E-state index < -0.39 is 0 Å². The number of thioether (sulfide) groups is 1. The van der Waals surface area contributed by atoms with Crippen molar-refractivity contribution in [3.63, 3.8) is 0 Å². The van der Waals surface area contributed by atoms with Gasteiger partial charge in [0.2, 0.25) is 0 Å². The lowest BCUT2D eigenvalue weighted by Gasteiger charge is -2.11. The fraction of sp³-hybridized carbons (Fsp3) is 0.500. The number of rotatable bonds is 2. The summed E-state index contributed by atoms with van der Waals surface area (Å²) < 4.78 is 0. The van der Waals surface area contributed by atoms with Crippen molar-refractivity contribution in [2.45, 2.75) is 37.0 Å². The van der Waals surface area contributed by atoms with E-state index in [0.29, 0.717) is 5.41 Å². The fourth-order valence-corrected chi connectivity index (χ4v) is 2.32. The molecule has 1 aliphatic carbocycles. The van der Waals surface area contributed by atoms with Crippen molar-refractivity contribution < 1.29 is 0 Å². The summed E-state index contributed by atoms with van der Waals surface area (Å²) in [5.41, 5.74) is 3.47. The van der Waals surface area contributed by atoms with E-state index in [1.807, 2.05) is 11.8 Å². The molecule has 0 atom stereocenters. The maximum atomic E-state index is 2.36. The first-order valence-corrected chi connectivity index (χ1v) is 6.03. The Bertz CT molecular complexity index is 324. The molecule has 1 fully saturated rings. The molecular weight excluding hydrogens is 176 g/mol. The van der Waals surface area contributed by atoms with Crippen LogP contribution < -0.4 is 0 Å². The Morgan fingerprint density at radius 2 is 2.00 bits per heavy atom. The Kier molecular flexibility index (Phi) is 2.15. The highest BCUT2D eigenvalue weighted by Crippen LogP contribution is 2.48. The SMILES string of the molecule is CSc1ccc(C2(C)CC2)cc1C. The Morgan fingerprint density at radius 1 is 1.31 bits per heavy atom. The molecule has 1 aromatic rings. The molecule has 0 aliphatic heterocycles. The van der Waals surface area contributed by atoms with Gasteiger partial charge in [-0.05, 0) is 48.6 Å². The van der Waals surface area contributed by atoms with Crippen molar-refractivity contribution in [3.05, 3.63) is 29.3 Å². The molecule has 0 heterocycles. The second-order valence-corrected chi connectivity index (χ2v) is 5.09. The predicted octanol–water partition coefficient (Wildman–Crippen LogP) is 3.77. The van der Waals surface area contributed by atoms with Gasteiger partial charge >= 0.3 is 0 Å². The van der Waals surface area contributed by atoms with Gasteiger partial charge in [-0.2, -0.15) is 0 Å². The summed E-state index contributed by atoms with van der Waals surface area (Å²) in [6, 6.07) is 6.92. The van der Waals surface area contributed by atoms with Crippen LogP contribution in [-0.2, 0) is 5.41 Å². The van der Waals surface area contributed by atoms with Crippen LogP contribution in [-0.4, -0.2) is 6.26 Å². The first-order valence-electron chi connectivity index (χ1n) is 4.81. The van der Waals surface area contributed by atoms with Gasteiger partial charge in [0.05, 0.1) is 0 Å². The average Bonchev–Trinajstić information content (AvgIpc) is 2.85. The van der Waals surface area contributed by atoms with Crippen LogP contribution >= 0.6 is 11.8 Å². The van der Waals surface area contributed by atoms with E-state index >= 15 is 0 Å². The van der Waals surface area contributed by atoms with E-state index in [4.69, 9.17) is 0 Å². The Labute approximate surface area is 84.7 Å². The van der Waals surface area contributed by atoms with Crippen LogP contribution in [0.3, 0.4) is 0 Å². The van der Waals surface area contributed by atoms with Crippen LogP contribution in [0.15, 0.2) is 23.1 Å². The highest BCUT2D eigenvalue weighted by atomic mass is 32.2.